The first kappa shape index (κ1) is 15.3. The van der Waals surface area contributed by atoms with Gasteiger partial charge in [0.1, 0.15) is 12.0 Å². The summed E-state index contributed by atoms with van der Waals surface area (Å²) in [5.41, 5.74) is 0.564. The number of rotatable bonds is 4. The van der Waals surface area contributed by atoms with Gasteiger partial charge in [-0.2, -0.15) is 5.10 Å². The molecular weight excluding hydrogens is 294 g/mol. The van der Waals surface area contributed by atoms with E-state index in [4.69, 9.17) is 0 Å². The Labute approximate surface area is 134 Å². The first-order chi connectivity index (χ1) is 10.9. The van der Waals surface area contributed by atoms with Gasteiger partial charge in [0.05, 0.1) is 19.1 Å². The summed E-state index contributed by atoms with van der Waals surface area (Å²) in [4.78, 5) is 20.1. The molecule has 0 bridgehead atoms. The van der Waals surface area contributed by atoms with Crippen LogP contribution in [0.4, 0.5) is 17.3 Å². The van der Waals surface area contributed by atoms with Gasteiger partial charge in [0, 0.05) is 12.4 Å². The Hall–Kier alpha value is -2.64. The molecule has 8 heteroatoms. The molecular formula is C15H21N7O. The quantitative estimate of drug-likeness (QED) is 0.792. The molecule has 0 aromatic carbocycles. The maximum Gasteiger partial charge on any atom is 0.243 e. The molecule has 1 aliphatic heterocycles. The Kier molecular flexibility index (Phi) is 3.89. The van der Waals surface area contributed by atoms with Crippen molar-refractivity contribution in [1.29, 1.82) is 0 Å². The van der Waals surface area contributed by atoms with E-state index in [-0.39, 0.29) is 23.9 Å². The highest BCUT2D eigenvalue weighted by molar-refractivity contribution is 6.02. The second-order valence-electron chi connectivity index (χ2n) is 6.64. The summed E-state index contributed by atoms with van der Waals surface area (Å²) in [7, 11) is 0. The Balaban J connectivity index is 1.87. The maximum absolute atomic E-state index is 11.6. The van der Waals surface area contributed by atoms with E-state index >= 15 is 0 Å². The van der Waals surface area contributed by atoms with E-state index in [1.807, 2.05) is 16.9 Å². The molecule has 0 radical (unpaired) electrons. The van der Waals surface area contributed by atoms with Gasteiger partial charge < -0.3 is 16.0 Å². The largest absolute Gasteiger partial charge is 0.363 e. The summed E-state index contributed by atoms with van der Waals surface area (Å²) < 4.78 is 1.88. The van der Waals surface area contributed by atoms with E-state index in [0.29, 0.717) is 23.9 Å². The number of nitrogens with zero attached hydrogens (tertiary/aromatic N) is 4. The average molecular weight is 315 g/mol. The predicted octanol–water partition coefficient (Wildman–Crippen LogP) is 1.56. The van der Waals surface area contributed by atoms with Crippen molar-refractivity contribution in [1.82, 2.24) is 19.7 Å². The van der Waals surface area contributed by atoms with Crippen LogP contribution in [0.15, 0.2) is 24.8 Å². The second kappa shape index (κ2) is 5.86. The number of aromatic nitrogens is 4. The molecule has 1 amide bonds. The maximum atomic E-state index is 11.6. The van der Waals surface area contributed by atoms with Gasteiger partial charge in [-0.15, -0.1) is 0 Å². The highest BCUT2D eigenvalue weighted by Gasteiger charge is 2.28. The lowest BCUT2D eigenvalue weighted by atomic mass is 9.86. The van der Waals surface area contributed by atoms with Crippen LogP contribution in [-0.4, -0.2) is 38.2 Å². The number of nitrogens with one attached hydrogen (secondary N) is 3. The van der Waals surface area contributed by atoms with Crippen LogP contribution in [0.25, 0.3) is 0 Å². The zero-order valence-electron chi connectivity index (χ0n) is 13.5. The summed E-state index contributed by atoms with van der Waals surface area (Å²) in [6, 6.07) is 1.97. The first-order valence-corrected chi connectivity index (χ1v) is 7.56. The number of carbonyl (C=O) groups excluding carboxylic acids is 1. The Morgan fingerprint density at radius 1 is 1.39 bits per heavy atom. The fourth-order valence-electron chi connectivity index (χ4n) is 2.39. The molecule has 23 heavy (non-hydrogen) atoms. The van der Waals surface area contributed by atoms with Gasteiger partial charge in [-0.1, -0.05) is 20.8 Å². The third kappa shape index (κ3) is 3.41. The molecule has 1 atom stereocenters. The molecule has 0 fully saturated rings. The zero-order valence-corrected chi connectivity index (χ0v) is 13.5. The topological polar surface area (TPSA) is 96.8 Å². The van der Waals surface area contributed by atoms with Crippen LogP contribution in [0, 0.1) is 5.41 Å². The molecule has 0 saturated carbocycles. The molecule has 8 nitrogen and oxygen atoms in total. The van der Waals surface area contributed by atoms with Crippen molar-refractivity contribution in [3.8, 4) is 0 Å². The van der Waals surface area contributed by atoms with Gasteiger partial charge in [0.25, 0.3) is 0 Å². The smallest absolute Gasteiger partial charge is 0.243 e. The summed E-state index contributed by atoms with van der Waals surface area (Å²) in [5, 5.41) is 13.5. The summed E-state index contributed by atoms with van der Waals surface area (Å²) in [6.45, 7) is 7.37. The minimum Gasteiger partial charge on any atom is -0.363 e. The predicted molar refractivity (Wildman–Crippen MR) is 88.2 cm³/mol. The van der Waals surface area contributed by atoms with Crippen molar-refractivity contribution in [2.45, 2.75) is 33.4 Å². The Bertz CT molecular complexity index is 690. The number of anilines is 3. The second-order valence-corrected chi connectivity index (χ2v) is 6.64. The van der Waals surface area contributed by atoms with Gasteiger partial charge in [-0.05, 0) is 11.5 Å². The van der Waals surface area contributed by atoms with Gasteiger partial charge >= 0.3 is 0 Å². The monoisotopic (exact) mass is 315 g/mol. The fourth-order valence-corrected chi connectivity index (χ4v) is 2.39. The molecule has 122 valence electrons. The van der Waals surface area contributed by atoms with Crippen LogP contribution in [-0.2, 0) is 11.3 Å². The molecule has 0 aliphatic carbocycles. The molecule has 2 aromatic rings. The van der Waals surface area contributed by atoms with E-state index in [1.165, 1.54) is 6.33 Å². The van der Waals surface area contributed by atoms with Crippen LogP contribution >= 0.6 is 0 Å². The van der Waals surface area contributed by atoms with Crippen LogP contribution in [0.5, 0.6) is 0 Å². The van der Waals surface area contributed by atoms with Crippen LogP contribution in [0.1, 0.15) is 20.8 Å². The highest BCUT2D eigenvalue weighted by Crippen LogP contribution is 2.32. The number of hydrogen-bond acceptors (Lipinski definition) is 6. The van der Waals surface area contributed by atoms with Crippen molar-refractivity contribution in [3.63, 3.8) is 0 Å². The number of carbonyl (C=O) groups is 1. The van der Waals surface area contributed by atoms with Crippen molar-refractivity contribution in [3.05, 3.63) is 24.8 Å². The summed E-state index contributed by atoms with van der Waals surface area (Å²) >= 11 is 0. The van der Waals surface area contributed by atoms with Gasteiger partial charge in [0.2, 0.25) is 5.91 Å². The first-order valence-electron chi connectivity index (χ1n) is 7.56. The molecule has 3 N–H and O–H groups in total. The summed E-state index contributed by atoms with van der Waals surface area (Å²) in [5.74, 6) is 1.14. The molecule has 3 heterocycles. The minimum atomic E-state index is -0.102. The highest BCUT2D eigenvalue weighted by atomic mass is 16.2. The van der Waals surface area contributed by atoms with Crippen molar-refractivity contribution in [2.24, 2.45) is 5.41 Å². The molecule has 3 rings (SSSR count). The van der Waals surface area contributed by atoms with Gasteiger partial charge in [0.15, 0.2) is 11.6 Å². The minimum absolute atomic E-state index is 0.0319. The number of amides is 1. The average Bonchev–Trinajstić information content (AvgIpc) is 2.99. The lowest BCUT2D eigenvalue weighted by Crippen LogP contribution is -2.39. The molecule has 2 aromatic heterocycles. The van der Waals surface area contributed by atoms with Crippen LogP contribution < -0.4 is 16.0 Å². The van der Waals surface area contributed by atoms with Gasteiger partial charge in [-0.25, -0.2) is 9.97 Å². The normalized spacial score (nSPS) is 15.3. The Morgan fingerprint density at radius 3 is 2.91 bits per heavy atom. The lowest BCUT2D eigenvalue weighted by molar-refractivity contribution is -0.114. The van der Waals surface area contributed by atoms with E-state index in [0.717, 1.165) is 0 Å². The van der Waals surface area contributed by atoms with Crippen molar-refractivity contribution >= 4 is 23.2 Å². The molecule has 1 aliphatic rings. The van der Waals surface area contributed by atoms with Crippen LogP contribution in [0.2, 0.25) is 0 Å². The van der Waals surface area contributed by atoms with Crippen LogP contribution in [0.3, 0.4) is 0 Å². The number of fused-ring (bicyclic) bond motifs is 1. The van der Waals surface area contributed by atoms with Crippen molar-refractivity contribution in [2.75, 3.05) is 22.5 Å². The zero-order chi connectivity index (χ0) is 16.4. The SMILES string of the molecule is CC(C)(C)C(Cn1cccn1)Nc1ncnc2c1NC(=O)CN2. The third-order valence-corrected chi connectivity index (χ3v) is 3.81. The van der Waals surface area contributed by atoms with Gasteiger partial charge in [-0.3, -0.25) is 9.48 Å². The number of hydrogen-bond donors (Lipinski definition) is 3. The van der Waals surface area contributed by atoms with E-state index in [1.54, 1.807) is 6.20 Å². The lowest BCUT2D eigenvalue weighted by Gasteiger charge is -2.33. The van der Waals surface area contributed by atoms with E-state index < -0.39 is 0 Å². The molecule has 0 spiro atoms. The van der Waals surface area contributed by atoms with E-state index in [9.17, 15) is 4.79 Å². The molecule has 1 unspecified atom stereocenters. The summed E-state index contributed by atoms with van der Waals surface area (Å²) in [6.07, 6.45) is 5.18. The Morgan fingerprint density at radius 2 is 2.22 bits per heavy atom. The standard InChI is InChI=1S/C15H21N7O/c1-15(2,3)10(8-22-6-4-5-19-22)20-14-12-13(17-9-18-14)16-7-11(23)21-12/h4-6,9-10H,7-8H2,1-3H3,(H,21,23)(H2,16,17,18,20). The fraction of sp³-hybridized carbons (Fsp3) is 0.467. The third-order valence-electron chi connectivity index (χ3n) is 3.81. The van der Waals surface area contributed by atoms with Crippen molar-refractivity contribution < 1.29 is 4.79 Å². The van der Waals surface area contributed by atoms with E-state index in [2.05, 4.69) is 51.8 Å². The molecule has 0 saturated heterocycles.